The van der Waals surface area contributed by atoms with Crippen molar-refractivity contribution in [2.45, 2.75) is 116 Å². The number of benzene rings is 6. The Hall–Kier alpha value is -9.66. The Kier molecular flexibility index (Phi) is 20.2. The molecule has 20 heteroatoms. The third kappa shape index (κ3) is 15.2. The molecule has 6 aromatic carbocycles. The van der Waals surface area contributed by atoms with Crippen LogP contribution in [0.3, 0.4) is 0 Å². The van der Waals surface area contributed by atoms with E-state index in [1.807, 2.05) is 172 Å². The second-order valence-electron chi connectivity index (χ2n) is 23.6. The normalized spacial score (nSPS) is 17.6. The summed E-state index contributed by atoms with van der Waals surface area (Å²) in [5.41, 5.74) is 10.0. The predicted molar refractivity (Wildman–Crippen MR) is 361 cm³/mol. The largest absolute Gasteiger partial charge is 0.331 e. The number of hydrogen-bond acceptors (Lipinski definition) is 12. The van der Waals surface area contributed by atoms with Gasteiger partial charge in [-0.05, 0) is 136 Å². The predicted octanol–water partition coefficient (Wildman–Crippen LogP) is 11.8. The molecule has 0 saturated carbocycles. The molecular formula is C72H74N10O8S2. The Bertz CT molecular complexity index is 3730. The van der Waals surface area contributed by atoms with Gasteiger partial charge in [0.05, 0.1) is 44.0 Å². The summed E-state index contributed by atoms with van der Waals surface area (Å²) in [6.45, 7) is 9.33. The van der Waals surface area contributed by atoms with Crippen molar-refractivity contribution in [3.8, 4) is 43.4 Å². The first kappa shape index (κ1) is 63.9. The van der Waals surface area contributed by atoms with Gasteiger partial charge in [-0.1, -0.05) is 109 Å². The van der Waals surface area contributed by atoms with Crippen molar-refractivity contribution in [2.75, 3.05) is 47.4 Å². The van der Waals surface area contributed by atoms with Gasteiger partial charge >= 0.3 is 0 Å². The van der Waals surface area contributed by atoms with E-state index in [0.29, 0.717) is 74.6 Å². The minimum absolute atomic E-state index is 0.0313. The van der Waals surface area contributed by atoms with Gasteiger partial charge in [-0.3, -0.25) is 38.4 Å². The Morgan fingerprint density at radius 2 is 0.652 bits per heavy atom. The minimum Gasteiger partial charge on any atom is -0.331 e. The summed E-state index contributed by atoms with van der Waals surface area (Å²) in [5, 5.41) is 13.8. The number of aryl methyl sites for hydroxylation is 2. The Morgan fingerprint density at radius 3 is 0.946 bits per heavy atom. The summed E-state index contributed by atoms with van der Waals surface area (Å²) in [5.74, 6) is -0.908. The molecule has 8 amide bonds. The number of amides is 8. The third-order valence-electron chi connectivity index (χ3n) is 17.2. The van der Waals surface area contributed by atoms with Gasteiger partial charge in [-0.2, -0.15) is 0 Å². The SMILES string of the molecule is CC(=O)N1CCC[C@H]1C(=O)Nc1ccc(-c2nc(C)sc2-c2ccc(NC(=O)[C@@H]3CCCN3C(=O)Cc3ccccc3)cc2)cc1.CC(=O)N1CCC[C@H]1C(=O)Nc1ccc(-c2sc(C)nc2-c2ccc(NC(=O)[C@@H]3CCCN3C(=O)Cc3ccccc3)cc2)cc1. The lowest BCUT2D eigenvalue weighted by molar-refractivity contribution is -0.136. The van der Waals surface area contributed by atoms with Gasteiger partial charge in [0.25, 0.3) is 0 Å². The average Bonchev–Trinajstić information content (AvgIpc) is 1.68. The number of hydrogen-bond donors (Lipinski definition) is 4. The zero-order valence-corrected chi connectivity index (χ0v) is 53.6. The number of thiazole rings is 2. The number of nitrogens with one attached hydrogen (secondary N) is 4. The second-order valence-corrected chi connectivity index (χ2v) is 26.0. The smallest absolute Gasteiger partial charge is 0.247 e. The van der Waals surface area contributed by atoms with E-state index in [1.54, 1.807) is 42.3 Å². The van der Waals surface area contributed by atoms with Crippen molar-refractivity contribution in [2.24, 2.45) is 0 Å². The van der Waals surface area contributed by atoms with Crippen LogP contribution in [0.4, 0.5) is 22.7 Å². The van der Waals surface area contributed by atoms with Gasteiger partial charge in [0.2, 0.25) is 47.3 Å². The van der Waals surface area contributed by atoms with E-state index < -0.39 is 24.2 Å². The molecule has 18 nitrogen and oxygen atoms in total. The van der Waals surface area contributed by atoms with Crippen molar-refractivity contribution in [1.29, 1.82) is 0 Å². The molecule has 0 spiro atoms. The van der Waals surface area contributed by atoms with Crippen molar-refractivity contribution in [3.05, 3.63) is 179 Å². The molecule has 4 fully saturated rings. The monoisotopic (exact) mass is 1270 g/mol. The molecule has 0 radical (unpaired) electrons. The van der Waals surface area contributed by atoms with Crippen LogP contribution in [0.1, 0.15) is 86.4 Å². The molecule has 92 heavy (non-hydrogen) atoms. The summed E-state index contributed by atoms with van der Waals surface area (Å²) >= 11 is 3.18. The van der Waals surface area contributed by atoms with Gasteiger partial charge in [0.15, 0.2) is 0 Å². The topological polar surface area (TPSA) is 223 Å². The maximum absolute atomic E-state index is 13.2. The number of carbonyl (C=O) groups is 8. The van der Waals surface area contributed by atoms with Crippen LogP contribution in [-0.4, -0.2) is 127 Å². The number of aromatic nitrogens is 2. The van der Waals surface area contributed by atoms with Gasteiger partial charge in [0, 0.05) is 73.9 Å². The summed E-state index contributed by atoms with van der Waals surface area (Å²) in [6, 6.07) is 47.9. The fourth-order valence-corrected chi connectivity index (χ4v) is 14.5. The van der Waals surface area contributed by atoms with E-state index >= 15 is 0 Å². The van der Waals surface area contributed by atoms with Crippen LogP contribution < -0.4 is 21.3 Å². The number of likely N-dealkylation sites (tertiary alicyclic amines) is 4. The zero-order chi connectivity index (χ0) is 64.4. The molecule has 4 saturated heterocycles. The van der Waals surface area contributed by atoms with Gasteiger partial charge < -0.3 is 40.9 Å². The molecule has 472 valence electrons. The highest BCUT2D eigenvalue weighted by atomic mass is 32.1. The lowest BCUT2D eigenvalue weighted by atomic mass is 10.1. The van der Waals surface area contributed by atoms with E-state index in [-0.39, 0.29) is 60.1 Å². The fourth-order valence-electron chi connectivity index (χ4n) is 12.6. The highest BCUT2D eigenvalue weighted by Gasteiger charge is 2.37. The maximum Gasteiger partial charge on any atom is 0.247 e. The summed E-state index contributed by atoms with van der Waals surface area (Å²) in [6.07, 6.45) is 6.45. The molecule has 2 aromatic heterocycles. The van der Waals surface area contributed by atoms with Crippen LogP contribution in [0, 0.1) is 13.8 Å². The van der Waals surface area contributed by atoms with Crippen LogP contribution in [0.25, 0.3) is 43.4 Å². The standard InChI is InChI=1S/2C36H37N5O4S/c1-23-37-33(34(46-23)27-14-18-29(19-15-27)38-35(44)30-10-6-20-40(30)24(2)42)26-12-16-28(17-13-26)39-36(45)31-11-7-21-41(31)32(43)22-25-8-4-3-5-9-25;1-23-37-33(26-12-16-28(17-13-26)38-35(44)30-10-6-20-40(30)24(2)42)34(46-23)27-14-18-29(19-15-27)39-36(45)31-11-7-21-41(31)32(43)22-25-8-4-3-5-9-25/h2*3-5,8-9,12-19,30-31H,6-7,10-11,20-22H2,1-2H3,(H,38,44)(H,39,45)/t2*30-,31-/m00/s1. The summed E-state index contributed by atoms with van der Waals surface area (Å²) in [4.78, 5) is 120. The molecule has 0 aliphatic carbocycles. The Morgan fingerprint density at radius 1 is 0.380 bits per heavy atom. The summed E-state index contributed by atoms with van der Waals surface area (Å²) in [7, 11) is 0. The van der Waals surface area contributed by atoms with E-state index in [0.717, 1.165) is 90.2 Å². The quantitative estimate of drug-likeness (QED) is 0.0716. The van der Waals surface area contributed by atoms with Crippen LogP contribution in [0.15, 0.2) is 158 Å². The van der Waals surface area contributed by atoms with Gasteiger partial charge in [0.1, 0.15) is 24.2 Å². The Balaban J connectivity index is 0.000000188. The molecular weight excluding hydrogens is 1200 g/mol. The van der Waals surface area contributed by atoms with Crippen molar-refractivity contribution in [1.82, 2.24) is 29.6 Å². The Labute approximate surface area is 543 Å². The highest BCUT2D eigenvalue weighted by molar-refractivity contribution is 7.16. The van der Waals surface area contributed by atoms with Crippen LogP contribution in [0.2, 0.25) is 0 Å². The molecule has 0 unspecified atom stereocenters. The first-order valence-electron chi connectivity index (χ1n) is 31.3. The van der Waals surface area contributed by atoms with Gasteiger partial charge in [-0.15, -0.1) is 22.7 Å². The molecule has 8 aromatic rings. The zero-order valence-electron chi connectivity index (χ0n) is 52.0. The lowest BCUT2D eigenvalue weighted by Gasteiger charge is -2.24. The van der Waals surface area contributed by atoms with Gasteiger partial charge in [-0.25, -0.2) is 9.97 Å². The van der Waals surface area contributed by atoms with E-state index in [4.69, 9.17) is 9.97 Å². The molecule has 4 aliphatic rings. The number of carbonyl (C=O) groups excluding carboxylic acids is 8. The maximum atomic E-state index is 13.2. The minimum atomic E-state index is -0.484. The lowest BCUT2D eigenvalue weighted by Crippen LogP contribution is -2.43. The van der Waals surface area contributed by atoms with Crippen molar-refractivity contribution >= 4 is 92.7 Å². The second kappa shape index (κ2) is 29.1. The molecule has 4 aliphatic heterocycles. The van der Waals surface area contributed by atoms with Crippen molar-refractivity contribution < 1.29 is 38.4 Å². The van der Waals surface area contributed by atoms with Crippen LogP contribution in [-0.2, 0) is 51.2 Å². The van der Waals surface area contributed by atoms with E-state index in [9.17, 15) is 38.4 Å². The van der Waals surface area contributed by atoms with E-state index in [2.05, 4.69) is 21.3 Å². The highest BCUT2D eigenvalue weighted by Crippen LogP contribution is 2.40. The van der Waals surface area contributed by atoms with E-state index in [1.165, 1.54) is 13.8 Å². The summed E-state index contributed by atoms with van der Waals surface area (Å²) < 4.78 is 0. The molecule has 12 rings (SSSR count). The average molecular weight is 1270 g/mol. The first-order valence-corrected chi connectivity index (χ1v) is 33.0. The van der Waals surface area contributed by atoms with Crippen LogP contribution in [0.5, 0.6) is 0 Å². The first-order chi connectivity index (χ1) is 44.5. The number of rotatable bonds is 16. The number of nitrogens with zero attached hydrogens (tertiary/aromatic N) is 6. The molecule has 4 N–H and O–H groups in total. The number of anilines is 4. The van der Waals surface area contributed by atoms with Crippen LogP contribution >= 0.6 is 22.7 Å². The van der Waals surface area contributed by atoms with Crippen molar-refractivity contribution in [3.63, 3.8) is 0 Å². The third-order valence-corrected chi connectivity index (χ3v) is 19.3. The molecule has 6 heterocycles. The molecule has 0 bridgehead atoms. The molecule has 4 atom stereocenters. The fraction of sp³-hybridized carbons (Fsp3) is 0.306.